The molecule has 7 nitrogen and oxygen atoms in total. The van der Waals surface area contributed by atoms with E-state index in [4.69, 9.17) is 4.74 Å². The van der Waals surface area contributed by atoms with Crippen LogP contribution in [0.5, 0.6) is 0 Å². The Bertz CT molecular complexity index is 1000. The monoisotopic (exact) mass is 414 g/mol. The minimum Gasteiger partial charge on any atom is -0.452 e. The average molecular weight is 414 g/mol. The lowest BCUT2D eigenvalue weighted by molar-refractivity contribution is -0.384. The molecule has 0 aliphatic heterocycles. The van der Waals surface area contributed by atoms with Gasteiger partial charge >= 0.3 is 5.97 Å². The Labute approximate surface area is 168 Å². The quantitative estimate of drug-likeness (QED) is 0.360. The van der Waals surface area contributed by atoms with E-state index in [1.54, 1.807) is 12.1 Å². The summed E-state index contributed by atoms with van der Waals surface area (Å²) < 4.78 is 18.2. The van der Waals surface area contributed by atoms with Crippen LogP contribution in [0.4, 0.5) is 10.1 Å². The van der Waals surface area contributed by atoms with Gasteiger partial charge in [0.2, 0.25) is 0 Å². The van der Waals surface area contributed by atoms with Gasteiger partial charge in [0.25, 0.3) is 11.6 Å². The van der Waals surface area contributed by atoms with Crippen LogP contribution in [-0.4, -0.2) is 23.4 Å². The summed E-state index contributed by atoms with van der Waals surface area (Å²) >= 11 is 1.43. The average Bonchev–Trinajstić information content (AvgIpc) is 3.25. The van der Waals surface area contributed by atoms with Crippen molar-refractivity contribution in [3.63, 3.8) is 0 Å². The van der Waals surface area contributed by atoms with Crippen LogP contribution in [0, 0.1) is 15.9 Å². The first-order valence-corrected chi connectivity index (χ1v) is 9.32. The largest absolute Gasteiger partial charge is 0.452 e. The molecule has 0 bridgehead atoms. The molecule has 1 amide bonds. The summed E-state index contributed by atoms with van der Waals surface area (Å²) in [7, 11) is 0. The van der Waals surface area contributed by atoms with Gasteiger partial charge in [0, 0.05) is 17.0 Å². The van der Waals surface area contributed by atoms with Gasteiger partial charge in [0.05, 0.1) is 16.5 Å². The Morgan fingerprint density at radius 3 is 2.38 bits per heavy atom. The summed E-state index contributed by atoms with van der Waals surface area (Å²) in [5.41, 5.74) is 0.623. The van der Waals surface area contributed by atoms with Gasteiger partial charge < -0.3 is 10.1 Å². The molecule has 29 heavy (non-hydrogen) atoms. The highest BCUT2D eigenvalue weighted by atomic mass is 32.1. The van der Waals surface area contributed by atoms with Crippen molar-refractivity contribution in [3.8, 4) is 0 Å². The van der Waals surface area contributed by atoms with Crippen molar-refractivity contribution >= 4 is 28.9 Å². The van der Waals surface area contributed by atoms with E-state index >= 15 is 0 Å². The molecular formula is C20H15FN2O5S. The van der Waals surface area contributed by atoms with Crippen LogP contribution in [0.1, 0.15) is 26.8 Å². The Morgan fingerprint density at radius 2 is 1.79 bits per heavy atom. The lowest BCUT2D eigenvalue weighted by Gasteiger charge is -2.18. The number of carbonyl (C=O) groups excluding carboxylic acids is 2. The van der Waals surface area contributed by atoms with Gasteiger partial charge in [0.15, 0.2) is 6.61 Å². The molecule has 9 heteroatoms. The van der Waals surface area contributed by atoms with Crippen LogP contribution in [0.15, 0.2) is 66.0 Å². The van der Waals surface area contributed by atoms with E-state index in [2.05, 4.69) is 5.32 Å². The molecule has 1 atom stereocenters. The molecule has 0 aliphatic rings. The van der Waals surface area contributed by atoms with Crippen molar-refractivity contribution < 1.29 is 23.6 Å². The Balaban J connectivity index is 1.63. The van der Waals surface area contributed by atoms with Gasteiger partial charge in [-0.15, -0.1) is 11.3 Å². The number of nitro groups is 1. The highest BCUT2D eigenvalue weighted by Crippen LogP contribution is 2.26. The summed E-state index contributed by atoms with van der Waals surface area (Å²) in [4.78, 5) is 35.3. The molecule has 148 valence electrons. The molecule has 0 aliphatic carbocycles. The predicted octanol–water partition coefficient (Wildman–Crippen LogP) is 3.86. The fraction of sp³-hybridized carbons (Fsp3) is 0.100. The SMILES string of the molecule is O=C(COC(=O)c1ccc([N+](=O)[O-])cc1)N[C@@H](c1ccc(F)cc1)c1cccs1. The number of benzene rings is 2. The Hall–Kier alpha value is -3.59. The van der Waals surface area contributed by atoms with Crippen molar-refractivity contribution in [2.45, 2.75) is 6.04 Å². The van der Waals surface area contributed by atoms with Crippen LogP contribution in [-0.2, 0) is 9.53 Å². The number of esters is 1. The normalized spacial score (nSPS) is 11.5. The lowest BCUT2D eigenvalue weighted by Crippen LogP contribution is -2.32. The highest BCUT2D eigenvalue weighted by molar-refractivity contribution is 7.10. The zero-order valence-corrected chi connectivity index (χ0v) is 15.7. The van der Waals surface area contributed by atoms with Crippen LogP contribution < -0.4 is 5.32 Å². The van der Waals surface area contributed by atoms with Gasteiger partial charge in [-0.2, -0.15) is 0 Å². The van der Waals surface area contributed by atoms with Gasteiger partial charge in [-0.3, -0.25) is 14.9 Å². The van der Waals surface area contributed by atoms with Gasteiger partial charge in [-0.05, 0) is 41.3 Å². The third-order valence-corrected chi connectivity index (χ3v) is 4.92. The smallest absolute Gasteiger partial charge is 0.338 e. The van der Waals surface area contributed by atoms with Crippen molar-refractivity contribution in [2.75, 3.05) is 6.61 Å². The van der Waals surface area contributed by atoms with E-state index in [9.17, 15) is 24.1 Å². The van der Waals surface area contributed by atoms with Gasteiger partial charge in [0.1, 0.15) is 5.82 Å². The number of nitro benzene ring substituents is 1. The molecule has 2 aromatic carbocycles. The molecule has 1 aromatic heterocycles. The van der Waals surface area contributed by atoms with E-state index in [-0.39, 0.29) is 17.1 Å². The van der Waals surface area contributed by atoms with Crippen molar-refractivity contribution in [1.82, 2.24) is 5.32 Å². The number of amides is 1. The number of hydrogen-bond donors (Lipinski definition) is 1. The second-order valence-corrected chi connectivity index (χ2v) is 6.93. The maximum Gasteiger partial charge on any atom is 0.338 e. The number of halogens is 1. The van der Waals surface area contributed by atoms with Crippen LogP contribution in [0.3, 0.4) is 0 Å². The molecule has 0 saturated heterocycles. The van der Waals surface area contributed by atoms with Crippen LogP contribution >= 0.6 is 11.3 Å². The van der Waals surface area contributed by atoms with E-state index in [0.717, 1.165) is 4.88 Å². The van der Waals surface area contributed by atoms with Crippen molar-refractivity contribution in [1.29, 1.82) is 0 Å². The third-order valence-electron chi connectivity index (χ3n) is 3.98. The van der Waals surface area contributed by atoms with E-state index in [1.165, 1.54) is 47.7 Å². The molecule has 3 rings (SSSR count). The van der Waals surface area contributed by atoms with Gasteiger partial charge in [-0.25, -0.2) is 9.18 Å². The summed E-state index contributed by atoms with van der Waals surface area (Å²) in [6.07, 6.45) is 0. The van der Waals surface area contributed by atoms with E-state index in [0.29, 0.717) is 5.56 Å². The van der Waals surface area contributed by atoms with Crippen LogP contribution in [0.2, 0.25) is 0 Å². The van der Waals surface area contributed by atoms with Crippen molar-refractivity contribution in [2.24, 2.45) is 0 Å². The van der Waals surface area contributed by atoms with E-state index in [1.807, 2.05) is 17.5 Å². The number of hydrogen-bond acceptors (Lipinski definition) is 6. The summed E-state index contributed by atoms with van der Waals surface area (Å²) in [5.74, 6) is -1.70. The fourth-order valence-corrected chi connectivity index (χ4v) is 3.37. The predicted molar refractivity (Wildman–Crippen MR) is 104 cm³/mol. The first-order chi connectivity index (χ1) is 13.9. The van der Waals surface area contributed by atoms with Crippen LogP contribution in [0.25, 0.3) is 0 Å². The minimum absolute atomic E-state index is 0.0942. The van der Waals surface area contributed by atoms with Crippen molar-refractivity contribution in [3.05, 3.63) is 98.0 Å². The maximum absolute atomic E-state index is 13.2. The summed E-state index contributed by atoms with van der Waals surface area (Å²) in [5, 5.41) is 15.3. The maximum atomic E-state index is 13.2. The number of nitrogens with zero attached hydrogens (tertiary/aromatic N) is 1. The number of thiophene rings is 1. The molecule has 0 unspecified atom stereocenters. The third kappa shape index (κ3) is 5.23. The number of carbonyl (C=O) groups is 2. The minimum atomic E-state index is -0.774. The standard InChI is InChI=1S/C20H15FN2O5S/c21-15-7-3-13(4-8-15)19(17-2-1-11-29-17)22-18(24)12-28-20(25)14-5-9-16(10-6-14)23(26)27/h1-11,19H,12H2,(H,22,24)/t19-/m0/s1. The number of rotatable bonds is 7. The zero-order valence-electron chi connectivity index (χ0n) is 14.9. The zero-order chi connectivity index (χ0) is 20.8. The molecule has 3 aromatic rings. The molecule has 0 fully saturated rings. The number of nitrogens with one attached hydrogen (secondary N) is 1. The Kier molecular flexibility index (Phi) is 6.30. The molecule has 0 spiro atoms. The second-order valence-electron chi connectivity index (χ2n) is 5.95. The number of non-ortho nitro benzene ring substituents is 1. The molecule has 1 heterocycles. The highest BCUT2D eigenvalue weighted by Gasteiger charge is 2.19. The first-order valence-electron chi connectivity index (χ1n) is 8.44. The second kappa shape index (κ2) is 9.07. The number of ether oxygens (including phenoxy) is 1. The fourth-order valence-electron chi connectivity index (χ4n) is 2.57. The molecule has 0 radical (unpaired) electrons. The first kappa shape index (κ1) is 20.2. The van der Waals surface area contributed by atoms with E-state index < -0.39 is 29.4 Å². The Morgan fingerprint density at radius 1 is 1.10 bits per heavy atom. The summed E-state index contributed by atoms with van der Waals surface area (Å²) in [6, 6.07) is 13.8. The molecular weight excluding hydrogens is 399 g/mol. The van der Waals surface area contributed by atoms with Gasteiger partial charge in [-0.1, -0.05) is 18.2 Å². The lowest BCUT2D eigenvalue weighted by atomic mass is 10.1. The summed E-state index contributed by atoms with van der Waals surface area (Å²) in [6.45, 7) is -0.529. The topological polar surface area (TPSA) is 98.5 Å². The molecule has 0 saturated carbocycles. The molecule has 1 N–H and O–H groups in total.